The van der Waals surface area contributed by atoms with Gasteiger partial charge in [-0.2, -0.15) is 4.31 Å². The molecule has 3 atom stereocenters. The lowest BCUT2D eigenvalue weighted by molar-refractivity contribution is -0.0304. The molecule has 0 radical (unpaired) electrons. The lowest BCUT2D eigenvalue weighted by Gasteiger charge is -2.29. The molecule has 1 saturated heterocycles. The van der Waals surface area contributed by atoms with Crippen molar-refractivity contribution >= 4 is 10.0 Å². The molecule has 1 heterocycles. The summed E-state index contributed by atoms with van der Waals surface area (Å²) in [6.45, 7) is 0.811. The molecule has 0 amide bonds. The first kappa shape index (κ1) is 14.0. The molecule has 1 aliphatic heterocycles. The molecule has 1 aromatic rings. The summed E-state index contributed by atoms with van der Waals surface area (Å²) in [5.41, 5.74) is 0. The van der Waals surface area contributed by atoms with Gasteiger partial charge in [0.05, 0.1) is 29.8 Å². The third-order valence-electron chi connectivity index (χ3n) is 4.13. The van der Waals surface area contributed by atoms with Gasteiger partial charge in [0.1, 0.15) is 0 Å². The van der Waals surface area contributed by atoms with Crippen LogP contribution in [-0.4, -0.2) is 51.2 Å². The van der Waals surface area contributed by atoms with E-state index in [1.807, 2.05) is 6.07 Å². The number of nitrogens with zero attached hydrogens (tertiary/aromatic N) is 1. The second kappa shape index (κ2) is 5.44. The van der Waals surface area contributed by atoms with Crippen molar-refractivity contribution in [3.05, 3.63) is 30.3 Å². The molecule has 0 spiro atoms. The smallest absolute Gasteiger partial charge is 0.243 e. The van der Waals surface area contributed by atoms with Crippen LogP contribution in [0.2, 0.25) is 0 Å². The molecule has 1 aliphatic carbocycles. The molecule has 2 aliphatic rings. The number of ether oxygens (including phenoxy) is 2. The zero-order chi connectivity index (χ0) is 14.2. The minimum absolute atomic E-state index is 0.0148. The van der Waals surface area contributed by atoms with E-state index in [9.17, 15) is 8.42 Å². The van der Waals surface area contributed by atoms with E-state index in [1.165, 1.54) is 0 Å². The van der Waals surface area contributed by atoms with Gasteiger partial charge in [0.25, 0.3) is 0 Å². The first-order valence-electron chi connectivity index (χ1n) is 6.86. The summed E-state index contributed by atoms with van der Waals surface area (Å²) in [5.74, 6) is 0. The van der Waals surface area contributed by atoms with Crippen LogP contribution in [0.3, 0.4) is 0 Å². The van der Waals surface area contributed by atoms with Gasteiger partial charge in [-0.25, -0.2) is 8.42 Å². The summed E-state index contributed by atoms with van der Waals surface area (Å²) in [6.07, 6.45) is 1.48. The molecule has 5 nitrogen and oxygen atoms in total. The van der Waals surface area contributed by atoms with Crippen molar-refractivity contribution in [2.75, 3.05) is 20.3 Å². The van der Waals surface area contributed by atoms with Gasteiger partial charge in [0.15, 0.2) is 0 Å². The van der Waals surface area contributed by atoms with Crippen LogP contribution >= 0.6 is 0 Å². The summed E-state index contributed by atoms with van der Waals surface area (Å²) in [4.78, 5) is 0.334. The monoisotopic (exact) mass is 297 g/mol. The summed E-state index contributed by atoms with van der Waals surface area (Å²) >= 11 is 0. The molecule has 3 rings (SSSR count). The quantitative estimate of drug-likeness (QED) is 0.842. The third kappa shape index (κ3) is 2.26. The van der Waals surface area contributed by atoms with E-state index >= 15 is 0 Å². The highest BCUT2D eigenvalue weighted by molar-refractivity contribution is 7.89. The van der Waals surface area contributed by atoms with Gasteiger partial charge in [-0.05, 0) is 25.0 Å². The maximum Gasteiger partial charge on any atom is 0.243 e. The van der Waals surface area contributed by atoms with Gasteiger partial charge in [-0.15, -0.1) is 0 Å². The van der Waals surface area contributed by atoms with Crippen molar-refractivity contribution in [3.8, 4) is 0 Å². The fourth-order valence-corrected chi connectivity index (χ4v) is 4.86. The second-order valence-corrected chi connectivity index (χ2v) is 7.07. The van der Waals surface area contributed by atoms with E-state index in [2.05, 4.69) is 0 Å². The number of hydrogen-bond acceptors (Lipinski definition) is 4. The summed E-state index contributed by atoms with van der Waals surface area (Å²) in [5, 5.41) is 0. The number of benzene rings is 1. The van der Waals surface area contributed by atoms with Crippen LogP contribution in [0, 0.1) is 0 Å². The van der Waals surface area contributed by atoms with Gasteiger partial charge in [0, 0.05) is 13.7 Å². The normalized spacial score (nSPS) is 31.1. The Hall–Kier alpha value is -0.950. The van der Waals surface area contributed by atoms with Crippen LogP contribution in [0.5, 0.6) is 0 Å². The fraction of sp³-hybridized carbons (Fsp3) is 0.571. The predicted octanol–water partition coefficient (Wildman–Crippen LogP) is 1.25. The topological polar surface area (TPSA) is 55.8 Å². The standard InChI is InChI=1S/C14H19NO4S/c1-18-14-12-7-8-13(14)19-10-9-15(12)20(16,17)11-5-3-2-4-6-11/h2-6,12-14H,7-10H2,1H3/t12-,13-,14+/m1/s1. The zero-order valence-corrected chi connectivity index (χ0v) is 12.3. The van der Waals surface area contributed by atoms with Crippen LogP contribution in [0.4, 0.5) is 0 Å². The fourth-order valence-electron chi connectivity index (χ4n) is 3.19. The van der Waals surface area contributed by atoms with E-state index in [1.54, 1.807) is 35.7 Å². The molecule has 20 heavy (non-hydrogen) atoms. The number of sulfonamides is 1. The van der Waals surface area contributed by atoms with Crippen molar-refractivity contribution in [1.29, 1.82) is 0 Å². The first-order valence-corrected chi connectivity index (χ1v) is 8.30. The van der Waals surface area contributed by atoms with Crippen molar-refractivity contribution in [2.45, 2.75) is 36.0 Å². The highest BCUT2D eigenvalue weighted by Gasteiger charge is 2.46. The molecule has 6 heteroatoms. The van der Waals surface area contributed by atoms with Crippen LogP contribution in [0.15, 0.2) is 35.2 Å². The summed E-state index contributed by atoms with van der Waals surface area (Å²) in [7, 11) is -1.87. The zero-order valence-electron chi connectivity index (χ0n) is 11.4. The molecular weight excluding hydrogens is 278 g/mol. The second-order valence-electron chi connectivity index (χ2n) is 5.18. The van der Waals surface area contributed by atoms with Gasteiger partial charge in [-0.1, -0.05) is 18.2 Å². The lowest BCUT2D eigenvalue weighted by atomic mass is 10.2. The molecule has 1 aromatic carbocycles. The van der Waals surface area contributed by atoms with Crippen molar-refractivity contribution in [1.82, 2.24) is 4.31 Å². The maximum atomic E-state index is 12.8. The Balaban J connectivity index is 1.96. The summed E-state index contributed by atoms with van der Waals surface area (Å²) in [6, 6.07) is 8.44. The van der Waals surface area contributed by atoms with Gasteiger partial charge < -0.3 is 9.47 Å². The molecule has 2 bridgehead atoms. The van der Waals surface area contributed by atoms with Crippen LogP contribution in [0.25, 0.3) is 0 Å². The van der Waals surface area contributed by atoms with E-state index in [-0.39, 0.29) is 18.2 Å². The number of hydrogen-bond donors (Lipinski definition) is 0. The molecule has 110 valence electrons. The van der Waals surface area contributed by atoms with E-state index in [0.717, 1.165) is 12.8 Å². The molecule has 1 saturated carbocycles. The highest BCUT2D eigenvalue weighted by Crippen LogP contribution is 2.34. The lowest BCUT2D eigenvalue weighted by Crippen LogP contribution is -2.46. The van der Waals surface area contributed by atoms with Crippen LogP contribution < -0.4 is 0 Å². The van der Waals surface area contributed by atoms with Crippen LogP contribution in [-0.2, 0) is 19.5 Å². The minimum atomic E-state index is -3.49. The van der Waals surface area contributed by atoms with E-state index in [0.29, 0.717) is 18.0 Å². The Kier molecular flexibility index (Phi) is 3.81. The van der Waals surface area contributed by atoms with E-state index in [4.69, 9.17) is 9.47 Å². The SMILES string of the molecule is CO[C@H]1[C@H]2CC[C@H]1OCCN2S(=O)(=O)c1ccccc1. The largest absolute Gasteiger partial charge is 0.377 e. The van der Waals surface area contributed by atoms with Gasteiger partial charge in [0.2, 0.25) is 10.0 Å². The summed E-state index contributed by atoms with van der Waals surface area (Å²) < 4.78 is 38.4. The molecular formula is C14H19NO4S. The van der Waals surface area contributed by atoms with Crippen molar-refractivity contribution in [2.24, 2.45) is 0 Å². The number of methoxy groups -OCH3 is 1. The Morgan fingerprint density at radius 2 is 2.00 bits per heavy atom. The van der Waals surface area contributed by atoms with Crippen LogP contribution in [0.1, 0.15) is 12.8 Å². The third-order valence-corrected chi connectivity index (χ3v) is 6.07. The Morgan fingerprint density at radius 3 is 2.70 bits per heavy atom. The molecule has 0 aromatic heterocycles. The molecule has 0 unspecified atom stereocenters. The predicted molar refractivity (Wildman–Crippen MR) is 73.9 cm³/mol. The van der Waals surface area contributed by atoms with Crippen molar-refractivity contribution in [3.63, 3.8) is 0 Å². The first-order chi connectivity index (χ1) is 9.64. The average Bonchev–Trinajstić information content (AvgIpc) is 2.74. The van der Waals surface area contributed by atoms with Gasteiger partial charge >= 0.3 is 0 Å². The van der Waals surface area contributed by atoms with Crippen molar-refractivity contribution < 1.29 is 17.9 Å². The average molecular weight is 297 g/mol. The Morgan fingerprint density at radius 1 is 1.25 bits per heavy atom. The Labute approximate surface area is 119 Å². The minimum Gasteiger partial charge on any atom is -0.377 e. The van der Waals surface area contributed by atoms with E-state index < -0.39 is 10.0 Å². The number of rotatable bonds is 3. The Bertz CT molecular complexity index is 560. The molecule has 2 fully saturated rings. The maximum absolute atomic E-state index is 12.8. The highest BCUT2D eigenvalue weighted by atomic mass is 32.2. The molecule has 0 N–H and O–H groups in total. The van der Waals surface area contributed by atoms with Gasteiger partial charge in [-0.3, -0.25) is 0 Å². The number of fused-ring (bicyclic) bond motifs is 2.